The zero-order chi connectivity index (χ0) is 29.1. The lowest BCUT2D eigenvalue weighted by Crippen LogP contribution is -2.67. The minimum absolute atomic E-state index is 0.106. The Bertz CT molecular complexity index is 1460. The van der Waals surface area contributed by atoms with E-state index in [2.05, 4.69) is 16.7 Å². The smallest absolute Gasteiger partial charge is 0.248 e. The molecular weight excluding hydrogens is 518 g/mol. The lowest BCUT2D eigenvalue weighted by Gasteiger charge is -2.48. The molecule has 2 aliphatic rings. The number of fused-ring (bicyclic) bond motifs is 1. The molecule has 5 rings (SSSR count). The highest BCUT2D eigenvalue weighted by molar-refractivity contribution is 5.96. The fourth-order valence-electron chi connectivity index (χ4n) is 5.80. The molecule has 0 saturated carbocycles. The van der Waals surface area contributed by atoms with Gasteiger partial charge in [-0.3, -0.25) is 19.2 Å². The summed E-state index contributed by atoms with van der Waals surface area (Å²) in [5.74, 6) is -1.89. The van der Waals surface area contributed by atoms with Crippen LogP contribution in [0.15, 0.2) is 78.9 Å². The van der Waals surface area contributed by atoms with Crippen molar-refractivity contribution >= 4 is 23.6 Å². The number of nitrogens with two attached hydrogens (primary N) is 2. The molecule has 9 heteroatoms. The number of hydrogen-bond donors (Lipinski definition) is 4. The van der Waals surface area contributed by atoms with E-state index in [1.165, 1.54) is 17.4 Å². The van der Waals surface area contributed by atoms with Gasteiger partial charge in [-0.25, -0.2) is 0 Å². The van der Waals surface area contributed by atoms with Crippen LogP contribution in [0.25, 0.3) is 0 Å². The summed E-state index contributed by atoms with van der Waals surface area (Å²) in [5, 5.41) is 5.96. The number of hydrogen-bond acceptors (Lipinski definition) is 5. The van der Waals surface area contributed by atoms with E-state index in [0.29, 0.717) is 17.7 Å². The second-order valence-electron chi connectivity index (χ2n) is 10.9. The summed E-state index contributed by atoms with van der Waals surface area (Å²) in [6.45, 7) is 1.86. The minimum Gasteiger partial charge on any atom is -0.366 e. The molecule has 4 amide bonds. The number of amides is 4. The standard InChI is InChI=1S/C32H35N5O4/c1-19(33)30(39)36-27(17-20-8-7-12-23(16-20)29(34)38)32(41)37-18-25(21-9-3-2-4-10-21)28(37)31(40)35-26-15-14-22-11-5-6-13-24(22)26/h2-13,16,19,25-28H,14-15,17-18,33H2,1H3,(H2,34,38)(H,35,40)(H,36,39)/t19-,25?,26+,27-,28?/m0/s1. The molecule has 6 N–H and O–H groups in total. The van der Waals surface area contributed by atoms with Gasteiger partial charge in [-0.05, 0) is 54.2 Å². The topological polar surface area (TPSA) is 148 Å². The molecular formula is C32H35N5O4. The number of aryl methyl sites for hydroxylation is 1. The van der Waals surface area contributed by atoms with Crippen molar-refractivity contribution in [1.29, 1.82) is 0 Å². The van der Waals surface area contributed by atoms with Crippen molar-refractivity contribution in [2.24, 2.45) is 11.5 Å². The molecule has 9 nitrogen and oxygen atoms in total. The molecule has 3 aromatic carbocycles. The SMILES string of the molecule is C[C@H](N)C(=O)N[C@@H](Cc1cccc(C(N)=O)c1)C(=O)N1CC(c2ccccc2)C1C(=O)N[C@@H]1CCc2ccccc21. The van der Waals surface area contributed by atoms with Gasteiger partial charge in [0.15, 0.2) is 0 Å². The van der Waals surface area contributed by atoms with E-state index in [9.17, 15) is 19.2 Å². The van der Waals surface area contributed by atoms with Crippen LogP contribution in [-0.2, 0) is 27.2 Å². The normalized spacial score (nSPS) is 20.7. The predicted octanol–water partition coefficient (Wildman–Crippen LogP) is 1.96. The molecule has 2 unspecified atom stereocenters. The molecule has 1 saturated heterocycles. The first kappa shape index (κ1) is 28.0. The summed E-state index contributed by atoms with van der Waals surface area (Å²) in [4.78, 5) is 53.8. The van der Waals surface area contributed by atoms with Crippen molar-refractivity contribution in [2.45, 2.75) is 56.3 Å². The van der Waals surface area contributed by atoms with Crippen LogP contribution < -0.4 is 22.1 Å². The molecule has 1 aliphatic carbocycles. The van der Waals surface area contributed by atoms with Gasteiger partial charge in [-0.15, -0.1) is 0 Å². The molecule has 0 spiro atoms. The van der Waals surface area contributed by atoms with Gasteiger partial charge >= 0.3 is 0 Å². The van der Waals surface area contributed by atoms with Crippen LogP contribution in [0.3, 0.4) is 0 Å². The van der Waals surface area contributed by atoms with Gasteiger partial charge in [0.1, 0.15) is 12.1 Å². The maximum Gasteiger partial charge on any atom is 0.248 e. The molecule has 0 aromatic heterocycles. The van der Waals surface area contributed by atoms with Crippen molar-refractivity contribution in [1.82, 2.24) is 15.5 Å². The third-order valence-corrected chi connectivity index (χ3v) is 8.02. The number of nitrogens with one attached hydrogen (secondary N) is 2. The predicted molar refractivity (Wildman–Crippen MR) is 155 cm³/mol. The molecule has 0 radical (unpaired) electrons. The molecule has 3 aromatic rings. The maximum absolute atomic E-state index is 14.0. The molecule has 5 atom stereocenters. The maximum atomic E-state index is 14.0. The molecule has 212 valence electrons. The molecule has 41 heavy (non-hydrogen) atoms. The fraction of sp³-hybridized carbons (Fsp3) is 0.312. The Morgan fingerprint density at radius 1 is 0.976 bits per heavy atom. The first-order chi connectivity index (χ1) is 19.7. The highest BCUT2D eigenvalue weighted by atomic mass is 16.2. The summed E-state index contributed by atoms with van der Waals surface area (Å²) in [6.07, 6.45) is 1.78. The quantitative estimate of drug-likeness (QED) is 0.320. The third kappa shape index (κ3) is 6.00. The van der Waals surface area contributed by atoms with Crippen LogP contribution in [0, 0.1) is 0 Å². The average Bonchev–Trinajstić information content (AvgIpc) is 3.35. The Kier molecular flexibility index (Phi) is 8.16. The monoisotopic (exact) mass is 553 g/mol. The average molecular weight is 554 g/mol. The van der Waals surface area contributed by atoms with Gasteiger partial charge in [0.25, 0.3) is 0 Å². The van der Waals surface area contributed by atoms with E-state index in [0.717, 1.165) is 24.0 Å². The summed E-state index contributed by atoms with van der Waals surface area (Å²) in [6, 6.07) is 21.7. The fourth-order valence-corrected chi connectivity index (χ4v) is 5.80. The Morgan fingerprint density at radius 3 is 2.44 bits per heavy atom. The Balaban J connectivity index is 1.41. The van der Waals surface area contributed by atoms with E-state index >= 15 is 0 Å². The van der Waals surface area contributed by atoms with Crippen molar-refractivity contribution in [3.63, 3.8) is 0 Å². The van der Waals surface area contributed by atoms with E-state index in [-0.39, 0.29) is 30.2 Å². The first-order valence-electron chi connectivity index (χ1n) is 13.9. The molecule has 1 fully saturated rings. The van der Waals surface area contributed by atoms with Crippen molar-refractivity contribution in [3.8, 4) is 0 Å². The van der Waals surface area contributed by atoms with E-state index in [1.807, 2.05) is 48.5 Å². The van der Waals surface area contributed by atoms with Crippen LogP contribution in [0.4, 0.5) is 0 Å². The third-order valence-electron chi connectivity index (χ3n) is 8.02. The van der Waals surface area contributed by atoms with Crippen LogP contribution >= 0.6 is 0 Å². The number of carbonyl (C=O) groups excluding carboxylic acids is 4. The first-order valence-corrected chi connectivity index (χ1v) is 13.9. The van der Waals surface area contributed by atoms with Crippen LogP contribution in [0.5, 0.6) is 0 Å². The second-order valence-corrected chi connectivity index (χ2v) is 10.9. The molecule has 0 bridgehead atoms. The van der Waals surface area contributed by atoms with E-state index < -0.39 is 29.9 Å². The van der Waals surface area contributed by atoms with Gasteiger partial charge in [0.05, 0.1) is 12.1 Å². The lowest BCUT2D eigenvalue weighted by atomic mass is 9.81. The van der Waals surface area contributed by atoms with Crippen LogP contribution in [0.1, 0.15) is 57.9 Å². The zero-order valence-corrected chi connectivity index (χ0v) is 23.0. The van der Waals surface area contributed by atoms with Crippen molar-refractivity contribution in [2.75, 3.05) is 6.54 Å². The summed E-state index contributed by atoms with van der Waals surface area (Å²) >= 11 is 0. The van der Waals surface area contributed by atoms with Gasteiger partial charge in [0, 0.05) is 24.4 Å². The van der Waals surface area contributed by atoms with E-state index in [4.69, 9.17) is 11.5 Å². The number of likely N-dealkylation sites (tertiary alicyclic amines) is 1. The number of nitrogens with zero attached hydrogens (tertiary/aromatic N) is 1. The number of benzene rings is 3. The molecule has 1 aliphatic heterocycles. The van der Waals surface area contributed by atoms with Gasteiger partial charge in [-0.2, -0.15) is 0 Å². The van der Waals surface area contributed by atoms with E-state index in [1.54, 1.807) is 24.3 Å². The number of primary amides is 1. The number of rotatable bonds is 9. The number of carbonyl (C=O) groups is 4. The van der Waals surface area contributed by atoms with Gasteiger partial charge in [0.2, 0.25) is 23.6 Å². The Labute approximate surface area is 239 Å². The Morgan fingerprint density at radius 2 is 1.71 bits per heavy atom. The highest BCUT2D eigenvalue weighted by Crippen LogP contribution is 2.37. The zero-order valence-electron chi connectivity index (χ0n) is 23.0. The summed E-state index contributed by atoms with van der Waals surface area (Å²) in [5.41, 5.74) is 15.5. The summed E-state index contributed by atoms with van der Waals surface area (Å²) in [7, 11) is 0. The van der Waals surface area contributed by atoms with Crippen molar-refractivity contribution < 1.29 is 19.2 Å². The van der Waals surface area contributed by atoms with Gasteiger partial charge < -0.3 is 27.0 Å². The largest absolute Gasteiger partial charge is 0.366 e. The lowest BCUT2D eigenvalue weighted by molar-refractivity contribution is -0.152. The minimum atomic E-state index is -0.990. The molecule has 1 heterocycles. The summed E-state index contributed by atoms with van der Waals surface area (Å²) < 4.78 is 0. The highest BCUT2D eigenvalue weighted by Gasteiger charge is 2.49. The second kappa shape index (κ2) is 11.9. The van der Waals surface area contributed by atoms with Crippen molar-refractivity contribution in [3.05, 3.63) is 107 Å². The Hall–Kier alpha value is -4.50. The van der Waals surface area contributed by atoms with Crippen LogP contribution in [0.2, 0.25) is 0 Å². The van der Waals surface area contributed by atoms with Gasteiger partial charge in [-0.1, -0.05) is 66.7 Å². The van der Waals surface area contributed by atoms with Crippen LogP contribution in [-0.4, -0.2) is 53.2 Å².